The Morgan fingerprint density at radius 3 is 2.95 bits per heavy atom. The molecular formula is C15H13N3O2S. The van der Waals surface area contributed by atoms with Gasteiger partial charge in [0.25, 0.3) is 5.89 Å². The molecule has 0 fully saturated rings. The van der Waals surface area contributed by atoms with E-state index in [0.717, 1.165) is 10.4 Å². The normalized spacial score (nSPS) is 10.5. The van der Waals surface area contributed by atoms with Crippen LogP contribution in [-0.2, 0) is 11.2 Å². The highest BCUT2D eigenvalue weighted by Crippen LogP contribution is 2.21. The summed E-state index contributed by atoms with van der Waals surface area (Å²) in [6.45, 7) is 1.76. The number of hydrogen-bond donors (Lipinski definition) is 1. The van der Waals surface area contributed by atoms with Crippen molar-refractivity contribution in [1.82, 2.24) is 10.1 Å². The molecule has 5 nitrogen and oxygen atoms in total. The highest BCUT2D eigenvalue weighted by Gasteiger charge is 2.09. The van der Waals surface area contributed by atoms with E-state index in [9.17, 15) is 4.79 Å². The van der Waals surface area contributed by atoms with Crippen LogP contribution >= 0.6 is 11.3 Å². The van der Waals surface area contributed by atoms with Crippen LogP contribution in [0.2, 0.25) is 0 Å². The molecule has 0 saturated carbocycles. The third-order valence-electron chi connectivity index (χ3n) is 2.84. The molecule has 0 radical (unpaired) electrons. The molecule has 106 valence electrons. The minimum absolute atomic E-state index is 0.0451. The summed E-state index contributed by atoms with van der Waals surface area (Å²) in [6, 6.07) is 11.2. The van der Waals surface area contributed by atoms with Crippen molar-refractivity contribution >= 4 is 22.9 Å². The molecular weight excluding hydrogens is 286 g/mol. The molecule has 0 bridgehead atoms. The van der Waals surface area contributed by atoms with Crippen LogP contribution in [0.15, 0.2) is 46.3 Å². The van der Waals surface area contributed by atoms with Gasteiger partial charge in [0.05, 0.1) is 6.42 Å². The molecule has 1 N–H and O–H groups in total. The van der Waals surface area contributed by atoms with Crippen LogP contribution in [0.25, 0.3) is 11.5 Å². The zero-order chi connectivity index (χ0) is 14.7. The number of hydrogen-bond acceptors (Lipinski definition) is 5. The number of nitrogens with zero attached hydrogens (tertiary/aromatic N) is 2. The fourth-order valence-electron chi connectivity index (χ4n) is 1.92. The Morgan fingerprint density at radius 2 is 2.24 bits per heavy atom. The summed E-state index contributed by atoms with van der Waals surface area (Å²) in [7, 11) is 0. The SMILES string of the molecule is Cc1noc(-c2cccc(NC(=O)Cc3cccs3)c2)n1. The van der Waals surface area contributed by atoms with Crippen molar-refractivity contribution in [3.63, 3.8) is 0 Å². The Labute approximate surface area is 125 Å². The van der Waals surface area contributed by atoms with E-state index >= 15 is 0 Å². The van der Waals surface area contributed by atoms with Crippen molar-refractivity contribution in [3.8, 4) is 11.5 Å². The fourth-order valence-corrected chi connectivity index (χ4v) is 2.62. The van der Waals surface area contributed by atoms with Crippen LogP contribution in [0.1, 0.15) is 10.7 Å². The number of benzene rings is 1. The van der Waals surface area contributed by atoms with E-state index in [-0.39, 0.29) is 5.91 Å². The zero-order valence-electron chi connectivity index (χ0n) is 11.4. The molecule has 0 aliphatic rings. The van der Waals surface area contributed by atoms with Crippen molar-refractivity contribution in [2.75, 3.05) is 5.32 Å². The lowest BCUT2D eigenvalue weighted by atomic mass is 10.2. The molecule has 2 heterocycles. The maximum atomic E-state index is 12.0. The van der Waals surface area contributed by atoms with Gasteiger partial charge in [-0.25, -0.2) is 0 Å². The Morgan fingerprint density at radius 1 is 1.33 bits per heavy atom. The summed E-state index contributed by atoms with van der Waals surface area (Å²) < 4.78 is 5.12. The molecule has 3 rings (SSSR count). The molecule has 2 aromatic heterocycles. The minimum atomic E-state index is -0.0451. The Balaban J connectivity index is 1.72. The number of carbonyl (C=O) groups excluding carboxylic acids is 1. The lowest BCUT2D eigenvalue weighted by molar-refractivity contribution is -0.115. The van der Waals surface area contributed by atoms with Crippen molar-refractivity contribution in [3.05, 3.63) is 52.5 Å². The number of aromatic nitrogens is 2. The van der Waals surface area contributed by atoms with E-state index < -0.39 is 0 Å². The van der Waals surface area contributed by atoms with Gasteiger partial charge in [-0.15, -0.1) is 11.3 Å². The average Bonchev–Trinajstić information content (AvgIpc) is 3.10. The number of rotatable bonds is 4. The molecule has 0 aliphatic heterocycles. The van der Waals surface area contributed by atoms with E-state index in [2.05, 4.69) is 15.5 Å². The summed E-state index contributed by atoms with van der Waals surface area (Å²) in [4.78, 5) is 17.2. The highest BCUT2D eigenvalue weighted by atomic mass is 32.1. The number of anilines is 1. The minimum Gasteiger partial charge on any atom is -0.334 e. The molecule has 21 heavy (non-hydrogen) atoms. The van der Waals surface area contributed by atoms with Gasteiger partial charge in [0.15, 0.2) is 5.82 Å². The van der Waals surface area contributed by atoms with Crippen LogP contribution in [-0.4, -0.2) is 16.0 Å². The van der Waals surface area contributed by atoms with Crippen molar-refractivity contribution in [2.24, 2.45) is 0 Å². The standard InChI is InChI=1S/C15H13N3O2S/c1-10-16-15(20-18-10)11-4-2-5-12(8-11)17-14(19)9-13-6-3-7-21-13/h2-8H,9H2,1H3,(H,17,19). The summed E-state index contributed by atoms with van der Waals surface area (Å²) in [5, 5.41) is 8.60. The number of aryl methyl sites for hydroxylation is 1. The Kier molecular flexibility index (Phi) is 3.79. The number of nitrogens with one attached hydrogen (secondary N) is 1. The quantitative estimate of drug-likeness (QED) is 0.802. The Hall–Kier alpha value is -2.47. The molecule has 1 aromatic carbocycles. The van der Waals surface area contributed by atoms with Gasteiger partial charge in [0.1, 0.15) is 0 Å². The molecule has 0 saturated heterocycles. The molecule has 3 aromatic rings. The van der Waals surface area contributed by atoms with E-state index in [1.54, 1.807) is 18.3 Å². The Bertz CT molecular complexity index is 750. The van der Waals surface area contributed by atoms with Crippen LogP contribution in [0.5, 0.6) is 0 Å². The third-order valence-corrected chi connectivity index (χ3v) is 3.71. The first-order valence-corrected chi connectivity index (χ1v) is 7.31. The first-order valence-electron chi connectivity index (χ1n) is 6.44. The van der Waals surface area contributed by atoms with Crippen LogP contribution < -0.4 is 5.32 Å². The van der Waals surface area contributed by atoms with E-state index in [1.807, 2.05) is 41.8 Å². The van der Waals surface area contributed by atoms with Gasteiger partial charge in [0.2, 0.25) is 5.91 Å². The lowest BCUT2D eigenvalue weighted by Crippen LogP contribution is -2.13. The number of amides is 1. The highest BCUT2D eigenvalue weighted by molar-refractivity contribution is 7.10. The fraction of sp³-hybridized carbons (Fsp3) is 0.133. The third kappa shape index (κ3) is 3.35. The van der Waals surface area contributed by atoms with E-state index in [4.69, 9.17) is 4.52 Å². The van der Waals surface area contributed by atoms with Crippen LogP contribution in [0.3, 0.4) is 0 Å². The van der Waals surface area contributed by atoms with Gasteiger partial charge in [-0.2, -0.15) is 4.98 Å². The zero-order valence-corrected chi connectivity index (χ0v) is 12.2. The molecule has 0 atom stereocenters. The van der Waals surface area contributed by atoms with Crippen molar-refractivity contribution in [2.45, 2.75) is 13.3 Å². The molecule has 1 amide bonds. The largest absolute Gasteiger partial charge is 0.334 e. The summed E-state index contributed by atoms with van der Waals surface area (Å²) in [5.41, 5.74) is 1.49. The van der Waals surface area contributed by atoms with Gasteiger partial charge in [-0.3, -0.25) is 4.79 Å². The van der Waals surface area contributed by atoms with Gasteiger partial charge in [0, 0.05) is 16.1 Å². The average molecular weight is 299 g/mol. The molecule has 0 aliphatic carbocycles. The second-order valence-corrected chi connectivity index (χ2v) is 5.56. The second kappa shape index (κ2) is 5.88. The maximum Gasteiger partial charge on any atom is 0.257 e. The van der Waals surface area contributed by atoms with Crippen LogP contribution in [0, 0.1) is 6.92 Å². The topological polar surface area (TPSA) is 68.0 Å². The number of thiophene rings is 1. The first-order chi connectivity index (χ1) is 10.2. The predicted molar refractivity (Wildman–Crippen MR) is 81.1 cm³/mol. The molecule has 0 spiro atoms. The predicted octanol–water partition coefficient (Wildman–Crippen LogP) is 3.29. The lowest BCUT2D eigenvalue weighted by Gasteiger charge is -2.05. The van der Waals surface area contributed by atoms with Crippen molar-refractivity contribution < 1.29 is 9.32 Å². The van der Waals surface area contributed by atoms with Gasteiger partial charge < -0.3 is 9.84 Å². The monoisotopic (exact) mass is 299 g/mol. The summed E-state index contributed by atoms with van der Waals surface area (Å²) in [5.74, 6) is 0.982. The number of carbonyl (C=O) groups is 1. The van der Waals surface area contributed by atoms with Crippen LogP contribution in [0.4, 0.5) is 5.69 Å². The van der Waals surface area contributed by atoms with Crippen molar-refractivity contribution in [1.29, 1.82) is 0 Å². The van der Waals surface area contributed by atoms with Gasteiger partial charge in [-0.05, 0) is 36.6 Å². The maximum absolute atomic E-state index is 12.0. The second-order valence-electron chi connectivity index (χ2n) is 4.53. The van der Waals surface area contributed by atoms with E-state index in [0.29, 0.717) is 23.8 Å². The summed E-state index contributed by atoms with van der Waals surface area (Å²) in [6.07, 6.45) is 0.377. The summed E-state index contributed by atoms with van der Waals surface area (Å²) >= 11 is 1.57. The first kappa shape index (κ1) is 13.5. The van der Waals surface area contributed by atoms with E-state index in [1.165, 1.54) is 0 Å². The van der Waals surface area contributed by atoms with Gasteiger partial charge in [-0.1, -0.05) is 17.3 Å². The molecule has 6 heteroatoms. The molecule has 0 unspecified atom stereocenters. The van der Waals surface area contributed by atoms with Gasteiger partial charge >= 0.3 is 0 Å². The smallest absolute Gasteiger partial charge is 0.257 e.